The number of benzene rings is 6. The first kappa shape index (κ1) is 28.5. The summed E-state index contributed by atoms with van der Waals surface area (Å²) in [5.74, 6) is 0. The minimum absolute atomic E-state index is 0.0125. The second-order valence-corrected chi connectivity index (χ2v) is 13.7. The summed E-state index contributed by atoms with van der Waals surface area (Å²) in [7, 11) is 0. The number of nitrogens with zero attached hydrogens (tertiary/aromatic N) is 1. The fourth-order valence-corrected chi connectivity index (χ4v) is 8.72. The molecule has 2 aliphatic carbocycles. The lowest BCUT2D eigenvalue weighted by molar-refractivity contribution is 0.442. The first-order chi connectivity index (χ1) is 23.5. The maximum absolute atomic E-state index is 9.46. The summed E-state index contributed by atoms with van der Waals surface area (Å²) >= 11 is 0. The molecule has 6 aromatic carbocycles. The largest absolute Gasteiger partial charge is 0.366 e. The summed E-state index contributed by atoms with van der Waals surface area (Å²) in [6, 6.07) is 54.9. The molecule has 48 heavy (non-hydrogen) atoms. The Morgan fingerprint density at radius 3 is 1.77 bits per heavy atom. The predicted octanol–water partition coefficient (Wildman–Crippen LogP) is 9.53. The molecule has 2 unspecified atom stereocenters. The molecule has 9 rings (SSSR count). The molecule has 3 aliphatic rings. The topological polar surface area (TPSA) is 47.9 Å². The van der Waals surface area contributed by atoms with Gasteiger partial charge in [0, 0.05) is 16.7 Å². The fourth-order valence-electron chi connectivity index (χ4n) is 8.72. The Morgan fingerprint density at radius 2 is 1.10 bits per heavy atom. The quantitative estimate of drug-likeness (QED) is 0.208. The number of nitriles is 1. The van der Waals surface area contributed by atoms with E-state index in [0.29, 0.717) is 5.56 Å². The molecule has 230 valence electrons. The van der Waals surface area contributed by atoms with Gasteiger partial charge < -0.3 is 5.32 Å². The molecule has 2 N–H and O–H groups in total. The second-order valence-electron chi connectivity index (χ2n) is 13.7. The maximum Gasteiger partial charge on any atom is 0.104 e. The number of rotatable bonds is 3. The highest BCUT2D eigenvalue weighted by atomic mass is 15.2. The normalized spacial score (nSPS) is 19.1. The molecule has 1 aliphatic heterocycles. The average Bonchev–Trinajstić information content (AvgIpc) is 3.45. The number of hydrogen-bond acceptors (Lipinski definition) is 3. The second kappa shape index (κ2) is 10.7. The SMILES string of the molecule is CC1(C)c2ccccc2C2(c3ccccc3-c3c(C4=CC(c5ccccc5)NC(c5ccc(C#N)cc5)N4)cccc32)c2ccccc21. The lowest BCUT2D eigenvalue weighted by Gasteiger charge is -2.46. The van der Waals surface area contributed by atoms with E-state index in [4.69, 9.17) is 0 Å². The van der Waals surface area contributed by atoms with Crippen molar-refractivity contribution in [2.75, 3.05) is 0 Å². The van der Waals surface area contributed by atoms with Gasteiger partial charge in [0.05, 0.1) is 23.1 Å². The van der Waals surface area contributed by atoms with Crippen LogP contribution in [0.4, 0.5) is 0 Å². The summed E-state index contributed by atoms with van der Waals surface area (Å²) < 4.78 is 0. The summed E-state index contributed by atoms with van der Waals surface area (Å²) in [4.78, 5) is 0. The van der Waals surface area contributed by atoms with Crippen LogP contribution in [0.2, 0.25) is 0 Å². The van der Waals surface area contributed by atoms with Gasteiger partial charge in [-0.25, -0.2) is 0 Å². The minimum atomic E-state index is -0.441. The van der Waals surface area contributed by atoms with Crippen LogP contribution in [0.3, 0.4) is 0 Å². The monoisotopic (exact) mass is 617 g/mol. The molecule has 3 nitrogen and oxygen atoms in total. The highest BCUT2D eigenvalue weighted by Crippen LogP contribution is 2.62. The summed E-state index contributed by atoms with van der Waals surface area (Å²) in [6.45, 7) is 4.74. The van der Waals surface area contributed by atoms with Gasteiger partial charge in [-0.3, -0.25) is 5.32 Å². The van der Waals surface area contributed by atoms with Crippen molar-refractivity contribution in [1.29, 1.82) is 5.26 Å². The van der Waals surface area contributed by atoms with Gasteiger partial charge in [-0.2, -0.15) is 5.26 Å². The zero-order valence-corrected chi connectivity index (χ0v) is 27.0. The van der Waals surface area contributed by atoms with Gasteiger partial charge in [-0.05, 0) is 73.8 Å². The third-order valence-electron chi connectivity index (χ3n) is 10.9. The number of fused-ring (bicyclic) bond motifs is 9. The van der Waals surface area contributed by atoms with Crippen LogP contribution in [0.1, 0.15) is 81.7 Å². The maximum atomic E-state index is 9.46. The predicted molar refractivity (Wildman–Crippen MR) is 193 cm³/mol. The first-order valence-electron chi connectivity index (χ1n) is 16.7. The summed E-state index contributed by atoms with van der Waals surface area (Å²) in [5, 5.41) is 17.2. The van der Waals surface area contributed by atoms with E-state index in [2.05, 4.69) is 158 Å². The van der Waals surface area contributed by atoms with Crippen molar-refractivity contribution < 1.29 is 0 Å². The van der Waals surface area contributed by atoms with Crippen LogP contribution in [0.5, 0.6) is 0 Å². The van der Waals surface area contributed by atoms with E-state index < -0.39 is 5.41 Å². The Hall–Kier alpha value is -5.69. The van der Waals surface area contributed by atoms with Crippen LogP contribution in [-0.4, -0.2) is 0 Å². The molecule has 0 fully saturated rings. The average molecular weight is 618 g/mol. The molecule has 1 spiro atoms. The molecule has 1 heterocycles. The van der Waals surface area contributed by atoms with Crippen molar-refractivity contribution in [3.05, 3.63) is 207 Å². The van der Waals surface area contributed by atoms with Gasteiger partial charge in [-0.1, -0.05) is 147 Å². The lowest BCUT2D eigenvalue weighted by atomic mass is 9.55. The van der Waals surface area contributed by atoms with Crippen molar-refractivity contribution in [2.45, 2.75) is 36.9 Å². The van der Waals surface area contributed by atoms with Crippen molar-refractivity contribution in [3.8, 4) is 17.2 Å². The Balaban J connectivity index is 1.30. The van der Waals surface area contributed by atoms with Crippen molar-refractivity contribution >= 4 is 5.70 Å². The van der Waals surface area contributed by atoms with Crippen LogP contribution in [0.25, 0.3) is 16.8 Å². The smallest absolute Gasteiger partial charge is 0.104 e. The van der Waals surface area contributed by atoms with Crippen LogP contribution in [0.15, 0.2) is 152 Å². The van der Waals surface area contributed by atoms with E-state index in [9.17, 15) is 5.26 Å². The van der Waals surface area contributed by atoms with Crippen molar-refractivity contribution in [1.82, 2.24) is 10.6 Å². The molecule has 3 heteroatoms. The summed E-state index contributed by atoms with van der Waals surface area (Å²) in [6.07, 6.45) is 2.19. The van der Waals surface area contributed by atoms with E-state index in [1.807, 2.05) is 24.3 Å². The fraction of sp³-hybridized carbons (Fsp3) is 0.133. The van der Waals surface area contributed by atoms with Gasteiger partial charge in [0.2, 0.25) is 0 Å². The Morgan fingerprint density at radius 1 is 0.542 bits per heavy atom. The lowest BCUT2D eigenvalue weighted by Crippen LogP contribution is -2.41. The first-order valence-corrected chi connectivity index (χ1v) is 16.7. The van der Waals surface area contributed by atoms with Crippen LogP contribution in [0, 0.1) is 11.3 Å². The van der Waals surface area contributed by atoms with Gasteiger partial charge >= 0.3 is 0 Å². The zero-order chi connectivity index (χ0) is 32.5. The molecular weight excluding hydrogens is 583 g/mol. The van der Waals surface area contributed by atoms with E-state index in [1.54, 1.807) is 0 Å². The summed E-state index contributed by atoms with van der Waals surface area (Å²) in [5.41, 5.74) is 15.4. The van der Waals surface area contributed by atoms with E-state index in [1.165, 1.54) is 55.6 Å². The Bertz CT molecular complexity index is 2240. The molecule has 0 radical (unpaired) electrons. The molecule has 0 amide bonds. The van der Waals surface area contributed by atoms with Crippen molar-refractivity contribution in [2.24, 2.45) is 0 Å². The third-order valence-corrected chi connectivity index (χ3v) is 10.9. The molecule has 0 saturated heterocycles. The molecule has 0 saturated carbocycles. The molecule has 2 atom stereocenters. The van der Waals surface area contributed by atoms with Crippen LogP contribution < -0.4 is 10.6 Å². The van der Waals surface area contributed by atoms with Gasteiger partial charge in [-0.15, -0.1) is 0 Å². The van der Waals surface area contributed by atoms with E-state index in [-0.39, 0.29) is 17.6 Å². The van der Waals surface area contributed by atoms with Crippen LogP contribution in [-0.2, 0) is 10.8 Å². The van der Waals surface area contributed by atoms with E-state index in [0.717, 1.165) is 11.3 Å². The highest BCUT2D eigenvalue weighted by Gasteiger charge is 2.53. The van der Waals surface area contributed by atoms with Crippen LogP contribution >= 0.6 is 0 Å². The van der Waals surface area contributed by atoms with E-state index >= 15 is 0 Å². The molecule has 0 aromatic heterocycles. The molecular formula is C45H35N3. The standard InChI is InChI=1S/C45H35N3/c1-44(2)35-18-8-10-20-37(35)45(38-21-11-9-19-36(38)44)34-17-7-6-15-32(34)42-33(16-12-22-39(42)45)41-27-40(30-13-4-3-5-14-30)47-43(48-41)31-25-23-29(28-46)24-26-31/h3-27,40,43,47-48H,1-2H3. The highest BCUT2D eigenvalue weighted by molar-refractivity contribution is 5.94. The van der Waals surface area contributed by atoms with Gasteiger partial charge in [0.1, 0.15) is 6.17 Å². The van der Waals surface area contributed by atoms with Crippen molar-refractivity contribution in [3.63, 3.8) is 0 Å². The van der Waals surface area contributed by atoms with Gasteiger partial charge in [0.25, 0.3) is 0 Å². The molecule has 6 aromatic rings. The third kappa shape index (κ3) is 3.97. The Labute approximate surface area is 282 Å². The number of hydrogen-bond donors (Lipinski definition) is 2. The zero-order valence-electron chi connectivity index (χ0n) is 27.0. The van der Waals surface area contributed by atoms with Gasteiger partial charge in [0.15, 0.2) is 0 Å². The molecule has 0 bridgehead atoms. The minimum Gasteiger partial charge on any atom is -0.366 e. The Kier molecular flexibility index (Phi) is 6.34. The number of nitrogens with one attached hydrogen (secondary N) is 2.